The van der Waals surface area contributed by atoms with Gasteiger partial charge in [0.15, 0.2) is 6.61 Å². The highest BCUT2D eigenvalue weighted by Crippen LogP contribution is 2.18. The number of esters is 1. The molecule has 1 amide bonds. The molecule has 140 valence electrons. The molecule has 0 saturated carbocycles. The van der Waals surface area contributed by atoms with Crippen molar-refractivity contribution in [3.05, 3.63) is 59.9 Å². The number of hydrogen-bond donors (Lipinski definition) is 2. The fourth-order valence-corrected chi connectivity index (χ4v) is 3.04. The largest absolute Gasteiger partial charge is 0.452 e. The summed E-state index contributed by atoms with van der Waals surface area (Å²) in [5.74, 6) is 0.241. The first-order chi connectivity index (χ1) is 12.8. The van der Waals surface area contributed by atoms with Crippen LogP contribution in [0, 0.1) is 18.2 Å². The first kappa shape index (κ1) is 19.9. The molecule has 0 fully saturated rings. The maximum Gasteiger partial charge on any atom is 0.338 e. The van der Waals surface area contributed by atoms with Gasteiger partial charge in [-0.15, -0.1) is 6.42 Å². The summed E-state index contributed by atoms with van der Waals surface area (Å²) >= 11 is 0. The van der Waals surface area contributed by atoms with Gasteiger partial charge in [0, 0.05) is 5.69 Å². The van der Waals surface area contributed by atoms with E-state index < -0.39 is 34.3 Å². The second-order valence-corrected chi connectivity index (χ2v) is 6.88. The van der Waals surface area contributed by atoms with Crippen LogP contribution in [-0.4, -0.2) is 33.4 Å². The van der Waals surface area contributed by atoms with Crippen LogP contribution in [0.25, 0.3) is 0 Å². The van der Waals surface area contributed by atoms with Gasteiger partial charge in [0.2, 0.25) is 0 Å². The lowest BCUT2D eigenvalue weighted by molar-refractivity contribution is -0.123. The second-order valence-electron chi connectivity index (χ2n) is 5.20. The van der Waals surface area contributed by atoms with Crippen LogP contribution in [0.5, 0.6) is 0 Å². The van der Waals surface area contributed by atoms with Gasteiger partial charge in [-0.3, -0.25) is 9.52 Å². The molecule has 0 saturated heterocycles. The molecular formula is C18H15FN2O5S. The third kappa shape index (κ3) is 5.83. The highest BCUT2D eigenvalue weighted by molar-refractivity contribution is 7.92. The average Bonchev–Trinajstić information content (AvgIpc) is 2.66. The molecule has 0 atom stereocenters. The van der Waals surface area contributed by atoms with E-state index in [9.17, 15) is 22.4 Å². The van der Waals surface area contributed by atoms with Gasteiger partial charge in [-0.05, 0) is 42.5 Å². The van der Waals surface area contributed by atoms with E-state index in [1.807, 2.05) is 0 Å². The first-order valence-electron chi connectivity index (χ1n) is 7.57. The Balaban J connectivity index is 2.09. The average molecular weight is 390 g/mol. The molecule has 0 aliphatic carbocycles. The summed E-state index contributed by atoms with van der Waals surface area (Å²) in [4.78, 5) is 23.2. The smallest absolute Gasteiger partial charge is 0.338 e. The van der Waals surface area contributed by atoms with Gasteiger partial charge in [-0.25, -0.2) is 17.6 Å². The summed E-state index contributed by atoms with van der Waals surface area (Å²) in [6.45, 7) is -0.551. The Bertz CT molecular complexity index is 982. The fraction of sp³-hybridized carbons (Fsp3) is 0.111. The van der Waals surface area contributed by atoms with Crippen LogP contribution in [0.1, 0.15) is 10.4 Å². The van der Waals surface area contributed by atoms with Gasteiger partial charge in [-0.2, -0.15) is 0 Å². The highest BCUT2D eigenvalue weighted by atomic mass is 32.2. The van der Waals surface area contributed by atoms with Gasteiger partial charge >= 0.3 is 5.97 Å². The molecule has 0 bridgehead atoms. The molecule has 2 rings (SSSR count). The van der Waals surface area contributed by atoms with Crippen molar-refractivity contribution in [2.75, 3.05) is 17.9 Å². The summed E-state index contributed by atoms with van der Waals surface area (Å²) in [5.41, 5.74) is 0.108. The molecule has 2 aromatic carbocycles. The van der Waals surface area contributed by atoms with E-state index >= 15 is 0 Å². The lowest BCUT2D eigenvalue weighted by Gasteiger charge is -2.09. The zero-order valence-corrected chi connectivity index (χ0v) is 14.8. The molecule has 2 aromatic rings. The van der Waals surface area contributed by atoms with Crippen LogP contribution in [0.4, 0.5) is 10.1 Å². The van der Waals surface area contributed by atoms with Crippen molar-refractivity contribution >= 4 is 27.6 Å². The van der Waals surface area contributed by atoms with Crippen molar-refractivity contribution in [1.29, 1.82) is 0 Å². The number of hydrogen-bond acceptors (Lipinski definition) is 5. The monoisotopic (exact) mass is 390 g/mol. The molecule has 0 radical (unpaired) electrons. The fourth-order valence-electron chi connectivity index (χ4n) is 1.94. The number of amides is 1. The summed E-state index contributed by atoms with van der Waals surface area (Å²) in [6, 6.07) is 9.83. The number of terminal acetylenes is 1. The maximum atomic E-state index is 12.9. The van der Waals surface area contributed by atoms with E-state index in [-0.39, 0.29) is 22.7 Å². The minimum absolute atomic E-state index is 0.000826. The van der Waals surface area contributed by atoms with E-state index in [0.29, 0.717) is 0 Å². The molecule has 9 heteroatoms. The number of anilines is 1. The maximum absolute atomic E-state index is 12.9. The zero-order valence-electron chi connectivity index (χ0n) is 13.9. The Kier molecular flexibility index (Phi) is 6.51. The van der Waals surface area contributed by atoms with Gasteiger partial charge in [-0.1, -0.05) is 12.0 Å². The zero-order chi connectivity index (χ0) is 19.9. The molecule has 2 N–H and O–H groups in total. The summed E-state index contributed by atoms with van der Waals surface area (Å²) in [7, 11) is -4.01. The van der Waals surface area contributed by atoms with Crippen molar-refractivity contribution in [2.45, 2.75) is 4.90 Å². The lowest BCUT2D eigenvalue weighted by Crippen LogP contribution is -2.29. The Labute approximate surface area is 155 Å². The molecule has 27 heavy (non-hydrogen) atoms. The van der Waals surface area contributed by atoms with Crippen molar-refractivity contribution in [3.8, 4) is 12.3 Å². The Morgan fingerprint density at radius 1 is 1.15 bits per heavy atom. The molecule has 0 aromatic heterocycles. The molecule has 0 spiro atoms. The topological polar surface area (TPSA) is 102 Å². The van der Waals surface area contributed by atoms with Gasteiger partial charge < -0.3 is 10.1 Å². The summed E-state index contributed by atoms with van der Waals surface area (Å²) in [6.07, 6.45) is 4.99. The molecule has 0 heterocycles. The third-order valence-corrected chi connectivity index (χ3v) is 4.58. The van der Waals surface area contributed by atoms with E-state index in [1.165, 1.54) is 30.3 Å². The second kappa shape index (κ2) is 8.82. The van der Waals surface area contributed by atoms with Crippen molar-refractivity contribution in [3.63, 3.8) is 0 Å². The molecule has 7 nitrogen and oxygen atoms in total. The normalized spacial score (nSPS) is 10.5. The van der Waals surface area contributed by atoms with Crippen LogP contribution >= 0.6 is 0 Å². The van der Waals surface area contributed by atoms with Crippen molar-refractivity contribution < 1.29 is 27.1 Å². The lowest BCUT2D eigenvalue weighted by atomic mass is 10.2. The molecule has 0 aliphatic heterocycles. The molecule has 0 unspecified atom stereocenters. The Hall–Kier alpha value is -3.38. The predicted octanol–water partition coefficient (Wildman–Crippen LogP) is 1.53. The van der Waals surface area contributed by atoms with Gasteiger partial charge in [0.25, 0.3) is 15.9 Å². The number of ether oxygens (including phenoxy) is 1. The number of benzene rings is 2. The number of nitrogens with one attached hydrogen (secondary N) is 2. The SMILES string of the molecule is C#CCNC(=O)COC(=O)c1cccc(S(=O)(=O)Nc2ccc(F)cc2)c1. The Morgan fingerprint density at radius 2 is 1.85 bits per heavy atom. The van der Waals surface area contributed by atoms with E-state index in [4.69, 9.17) is 11.2 Å². The van der Waals surface area contributed by atoms with E-state index in [2.05, 4.69) is 16.0 Å². The van der Waals surface area contributed by atoms with Crippen LogP contribution in [0.3, 0.4) is 0 Å². The van der Waals surface area contributed by atoms with Crippen molar-refractivity contribution in [2.24, 2.45) is 0 Å². The highest BCUT2D eigenvalue weighted by Gasteiger charge is 2.17. The van der Waals surface area contributed by atoms with Crippen LogP contribution < -0.4 is 10.0 Å². The van der Waals surface area contributed by atoms with Crippen LogP contribution in [0.15, 0.2) is 53.4 Å². The van der Waals surface area contributed by atoms with Crippen LogP contribution in [-0.2, 0) is 19.6 Å². The van der Waals surface area contributed by atoms with E-state index in [0.717, 1.165) is 18.2 Å². The number of halogens is 1. The quantitative estimate of drug-likeness (QED) is 0.552. The number of carbonyl (C=O) groups excluding carboxylic acids is 2. The number of rotatable bonds is 7. The summed E-state index contributed by atoms with van der Waals surface area (Å²) < 4.78 is 44.8. The number of carbonyl (C=O) groups is 2. The summed E-state index contributed by atoms with van der Waals surface area (Å²) in [5, 5.41) is 2.32. The first-order valence-corrected chi connectivity index (χ1v) is 9.06. The standard InChI is InChI=1S/C18H15FN2O5S/c1-2-10-20-17(22)12-26-18(23)13-4-3-5-16(11-13)27(24,25)21-15-8-6-14(19)7-9-15/h1,3-9,11,21H,10,12H2,(H,20,22). The number of sulfonamides is 1. The minimum atomic E-state index is -4.01. The third-order valence-electron chi connectivity index (χ3n) is 3.20. The Morgan fingerprint density at radius 3 is 2.52 bits per heavy atom. The van der Waals surface area contributed by atoms with Crippen LogP contribution in [0.2, 0.25) is 0 Å². The van der Waals surface area contributed by atoms with Gasteiger partial charge in [0.1, 0.15) is 5.82 Å². The minimum Gasteiger partial charge on any atom is -0.452 e. The molecule has 0 aliphatic rings. The van der Waals surface area contributed by atoms with E-state index in [1.54, 1.807) is 0 Å². The van der Waals surface area contributed by atoms with Gasteiger partial charge in [0.05, 0.1) is 17.0 Å². The molecular weight excluding hydrogens is 375 g/mol. The van der Waals surface area contributed by atoms with Crippen molar-refractivity contribution in [1.82, 2.24) is 5.32 Å². The predicted molar refractivity (Wildman–Crippen MR) is 95.8 cm³/mol.